The Morgan fingerprint density at radius 3 is 2.80 bits per heavy atom. The summed E-state index contributed by atoms with van der Waals surface area (Å²) in [6.07, 6.45) is 8.28. The van der Waals surface area contributed by atoms with Crippen LogP contribution in [0.25, 0.3) is 17.0 Å². The van der Waals surface area contributed by atoms with Crippen LogP contribution in [-0.4, -0.2) is 15.8 Å². The number of ketones is 1. The quantitative estimate of drug-likeness (QED) is 0.534. The van der Waals surface area contributed by atoms with Gasteiger partial charge in [0.05, 0.1) is 5.52 Å². The fourth-order valence-corrected chi connectivity index (χ4v) is 1.96. The van der Waals surface area contributed by atoms with E-state index < -0.39 is 0 Å². The summed E-state index contributed by atoms with van der Waals surface area (Å²) in [5, 5.41) is 1.06. The van der Waals surface area contributed by atoms with E-state index in [9.17, 15) is 4.79 Å². The van der Waals surface area contributed by atoms with Crippen LogP contribution < -0.4 is 0 Å². The summed E-state index contributed by atoms with van der Waals surface area (Å²) in [6.45, 7) is 0. The summed E-state index contributed by atoms with van der Waals surface area (Å²) in [6, 6.07) is 13.4. The first-order valence-electron chi connectivity index (χ1n) is 6.30. The van der Waals surface area contributed by atoms with Gasteiger partial charge in [0.25, 0.3) is 0 Å². The van der Waals surface area contributed by atoms with Crippen molar-refractivity contribution in [3.8, 4) is 0 Å². The smallest absolute Gasteiger partial charge is 0.187 e. The number of carbonyl (C=O) groups is 1. The molecule has 20 heavy (non-hydrogen) atoms. The second-order valence-corrected chi connectivity index (χ2v) is 4.40. The highest BCUT2D eigenvalue weighted by Crippen LogP contribution is 2.13. The maximum atomic E-state index is 11.9. The second-order valence-electron chi connectivity index (χ2n) is 4.40. The van der Waals surface area contributed by atoms with Gasteiger partial charge in [-0.15, -0.1) is 0 Å². The minimum absolute atomic E-state index is 0.0636. The maximum Gasteiger partial charge on any atom is 0.187 e. The van der Waals surface area contributed by atoms with Crippen molar-refractivity contribution in [1.82, 2.24) is 9.97 Å². The fraction of sp³-hybridized carbons (Fsp3) is 0. The van der Waals surface area contributed by atoms with Gasteiger partial charge >= 0.3 is 0 Å². The van der Waals surface area contributed by atoms with Crippen LogP contribution in [0.4, 0.5) is 0 Å². The second kappa shape index (κ2) is 5.45. The molecule has 96 valence electrons. The van der Waals surface area contributed by atoms with Gasteiger partial charge in [0.1, 0.15) is 0 Å². The molecule has 0 aliphatic heterocycles. The maximum absolute atomic E-state index is 11.9. The molecule has 0 fully saturated rings. The SMILES string of the molecule is O=C(/C=C/c1cnc2ccccc2c1)c1cccnc1. The summed E-state index contributed by atoms with van der Waals surface area (Å²) in [5.41, 5.74) is 2.43. The van der Waals surface area contributed by atoms with E-state index in [1.165, 1.54) is 0 Å². The number of benzene rings is 1. The molecule has 3 rings (SSSR count). The van der Waals surface area contributed by atoms with Gasteiger partial charge in [0.2, 0.25) is 0 Å². The van der Waals surface area contributed by atoms with Crippen molar-refractivity contribution in [2.75, 3.05) is 0 Å². The molecule has 0 bridgehead atoms. The highest BCUT2D eigenvalue weighted by atomic mass is 16.1. The zero-order chi connectivity index (χ0) is 13.8. The number of para-hydroxylation sites is 1. The van der Waals surface area contributed by atoms with Crippen LogP contribution in [-0.2, 0) is 0 Å². The topological polar surface area (TPSA) is 42.9 Å². The molecule has 0 saturated carbocycles. The molecule has 3 aromatic rings. The lowest BCUT2D eigenvalue weighted by Gasteiger charge is -1.98. The highest BCUT2D eigenvalue weighted by molar-refractivity contribution is 6.06. The van der Waals surface area contributed by atoms with Gasteiger partial charge in [-0.2, -0.15) is 0 Å². The minimum Gasteiger partial charge on any atom is -0.289 e. The highest BCUT2D eigenvalue weighted by Gasteiger charge is 2.00. The normalized spacial score (nSPS) is 11.0. The minimum atomic E-state index is -0.0636. The van der Waals surface area contributed by atoms with Crippen molar-refractivity contribution in [1.29, 1.82) is 0 Å². The third kappa shape index (κ3) is 2.62. The van der Waals surface area contributed by atoms with Crippen molar-refractivity contribution < 1.29 is 4.79 Å². The van der Waals surface area contributed by atoms with Crippen LogP contribution in [0.2, 0.25) is 0 Å². The van der Waals surface area contributed by atoms with E-state index in [1.807, 2.05) is 30.3 Å². The lowest BCUT2D eigenvalue weighted by atomic mass is 10.1. The molecule has 2 heterocycles. The largest absolute Gasteiger partial charge is 0.289 e. The summed E-state index contributed by atoms with van der Waals surface area (Å²) < 4.78 is 0. The van der Waals surface area contributed by atoms with Crippen molar-refractivity contribution in [2.45, 2.75) is 0 Å². The standard InChI is InChI=1S/C17H12N2O/c20-17(15-5-3-9-18-12-15)8-7-13-10-14-4-1-2-6-16(14)19-11-13/h1-12H/b8-7+. The molecule has 3 heteroatoms. The van der Waals surface area contributed by atoms with Crippen molar-refractivity contribution in [2.24, 2.45) is 0 Å². The van der Waals surface area contributed by atoms with Crippen molar-refractivity contribution >= 4 is 22.8 Å². The fourth-order valence-electron chi connectivity index (χ4n) is 1.96. The van der Waals surface area contributed by atoms with E-state index in [-0.39, 0.29) is 5.78 Å². The molecule has 1 aromatic carbocycles. The predicted octanol–water partition coefficient (Wildman–Crippen LogP) is 3.53. The number of hydrogen-bond donors (Lipinski definition) is 0. The molecule has 0 N–H and O–H groups in total. The first-order chi connectivity index (χ1) is 9.83. The molecule has 0 amide bonds. The van der Waals surface area contributed by atoms with Gasteiger partial charge in [-0.1, -0.05) is 18.2 Å². The van der Waals surface area contributed by atoms with Gasteiger partial charge in [-0.3, -0.25) is 14.8 Å². The van der Waals surface area contributed by atoms with E-state index in [2.05, 4.69) is 9.97 Å². The Labute approximate surface area is 116 Å². The predicted molar refractivity (Wildman–Crippen MR) is 79.3 cm³/mol. The summed E-state index contributed by atoms with van der Waals surface area (Å²) in [4.78, 5) is 20.2. The molecule has 0 aliphatic carbocycles. The molecular formula is C17H12N2O. The van der Waals surface area contributed by atoms with E-state index in [0.29, 0.717) is 5.56 Å². The Kier molecular flexibility index (Phi) is 3.33. The van der Waals surface area contributed by atoms with Crippen LogP contribution in [0.1, 0.15) is 15.9 Å². The monoisotopic (exact) mass is 260 g/mol. The Bertz CT molecular complexity index is 779. The Hall–Kier alpha value is -2.81. The lowest BCUT2D eigenvalue weighted by molar-refractivity contribution is 0.104. The molecule has 0 aliphatic rings. The molecule has 0 radical (unpaired) electrons. The lowest BCUT2D eigenvalue weighted by Crippen LogP contribution is -1.94. The number of pyridine rings is 2. The van der Waals surface area contributed by atoms with Crippen LogP contribution >= 0.6 is 0 Å². The van der Waals surface area contributed by atoms with Crippen LogP contribution in [0, 0.1) is 0 Å². The average molecular weight is 260 g/mol. The third-order valence-electron chi connectivity index (χ3n) is 2.98. The molecule has 0 spiro atoms. The van der Waals surface area contributed by atoms with Gasteiger partial charge < -0.3 is 0 Å². The van der Waals surface area contributed by atoms with Gasteiger partial charge in [0.15, 0.2) is 5.78 Å². The van der Waals surface area contributed by atoms with Crippen LogP contribution in [0.3, 0.4) is 0 Å². The number of rotatable bonds is 3. The zero-order valence-electron chi connectivity index (χ0n) is 10.7. The first kappa shape index (κ1) is 12.2. The van der Waals surface area contributed by atoms with Gasteiger partial charge in [-0.05, 0) is 42.0 Å². The Morgan fingerprint density at radius 2 is 1.95 bits per heavy atom. The number of carbonyl (C=O) groups excluding carboxylic acids is 1. The molecule has 0 saturated heterocycles. The van der Waals surface area contributed by atoms with Crippen molar-refractivity contribution in [3.63, 3.8) is 0 Å². The molecule has 2 aromatic heterocycles. The van der Waals surface area contributed by atoms with E-state index in [1.54, 1.807) is 42.9 Å². The summed E-state index contributed by atoms with van der Waals surface area (Å²) >= 11 is 0. The molecule has 0 unspecified atom stereocenters. The van der Waals surface area contributed by atoms with Crippen molar-refractivity contribution in [3.05, 3.63) is 78.3 Å². The zero-order valence-corrected chi connectivity index (χ0v) is 10.7. The number of hydrogen-bond acceptors (Lipinski definition) is 3. The number of allylic oxidation sites excluding steroid dienone is 1. The van der Waals surface area contributed by atoms with E-state index in [4.69, 9.17) is 0 Å². The number of fused-ring (bicyclic) bond motifs is 1. The van der Waals surface area contributed by atoms with Gasteiger partial charge in [0, 0.05) is 29.5 Å². The third-order valence-corrected chi connectivity index (χ3v) is 2.98. The first-order valence-corrected chi connectivity index (χ1v) is 6.30. The molecular weight excluding hydrogens is 248 g/mol. The Morgan fingerprint density at radius 1 is 1.05 bits per heavy atom. The Balaban J connectivity index is 1.85. The average Bonchev–Trinajstić information content (AvgIpc) is 2.53. The van der Waals surface area contributed by atoms with Crippen LogP contribution in [0.5, 0.6) is 0 Å². The number of nitrogens with zero attached hydrogens (tertiary/aromatic N) is 2. The van der Waals surface area contributed by atoms with Crippen LogP contribution in [0.15, 0.2) is 67.1 Å². The molecule has 3 nitrogen and oxygen atoms in total. The van der Waals surface area contributed by atoms with E-state index >= 15 is 0 Å². The summed E-state index contributed by atoms with van der Waals surface area (Å²) in [5.74, 6) is -0.0636. The van der Waals surface area contributed by atoms with Gasteiger partial charge in [-0.25, -0.2) is 0 Å². The van der Waals surface area contributed by atoms with E-state index in [0.717, 1.165) is 16.5 Å². The molecule has 0 atom stereocenters. The summed E-state index contributed by atoms with van der Waals surface area (Å²) in [7, 11) is 0. The number of aromatic nitrogens is 2.